The van der Waals surface area contributed by atoms with Gasteiger partial charge in [0, 0.05) is 82.4 Å². The molecule has 0 bridgehead atoms. The number of carbonyl (C=O) groups excluding carboxylic acids is 8. The molecule has 0 aliphatic carbocycles. The first-order valence-electron chi connectivity index (χ1n) is 27.3. The minimum absolute atomic E-state index is 0.0529. The van der Waals surface area contributed by atoms with Gasteiger partial charge in [0.2, 0.25) is 17.7 Å². The van der Waals surface area contributed by atoms with Crippen molar-refractivity contribution in [2.24, 2.45) is 11.8 Å². The molecule has 1 aromatic rings. The molecular weight excluding hydrogens is 1020 g/mol. The number of anilines is 1. The van der Waals surface area contributed by atoms with Crippen molar-refractivity contribution in [2.75, 3.05) is 51.7 Å². The lowest BCUT2D eigenvalue weighted by atomic mass is 9.88. The lowest BCUT2D eigenvalue weighted by Gasteiger charge is -2.38. The molecule has 2 fully saturated rings. The molecule has 22 heteroatoms. The first kappa shape index (κ1) is 63.4. The van der Waals surface area contributed by atoms with Crippen molar-refractivity contribution in [2.45, 2.75) is 167 Å². The number of methoxy groups -OCH3 is 1. The molecule has 4 aliphatic rings. The number of esters is 1. The maximum atomic E-state index is 13.8. The average Bonchev–Trinajstić information content (AvgIpc) is 4.21. The number of unbranched alkanes of at least 4 members (excludes halogenated alkanes) is 2. The van der Waals surface area contributed by atoms with Crippen LogP contribution in [0.2, 0.25) is 0 Å². The van der Waals surface area contributed by atoms with E-state index in [1.807, 2.05) is 20.8 Å². The zero-order valence-electron chi connectivity index (χ0n) is 46.9. The van der Waals surface area contributed by atoms with E-state index in [-0.39, 0.29) is 107 Å². The van der Waals surface area contributed by atoms with Crippen LogP contribution in [0.4, 0.5) is 15.3 Å². The molecule has 11 atom stereocenters. The highest BCUT2D eigenvalue weighted by atomic mass is 16.6. The summed E-state index contributed by atoms with van der Waals surface area (Å²) in [7, 11) is 1.49. The van der Waals surface area contributed by atoms with E-state index < -0.39 is 77.5 Å². The number of amides is 7. The van der Waals surface area contributed by atoms with Crippen LogP contribution in [0.15, 0.2) is 72.4 Å². The Balaban J connectivity index is 1.05. The third-order valence-electron chi connectivity index (χ3n) is 14.8. The number of carbonyl (C=O) groups is 8. The Labute approximate surface area is 462 Å². The normalized spacial score (nSPS) is 26.2. The molecule has 4 aliphatic heterocycles. The third kappa shape index (κ3) is 19.7. The van der Waals surface area contributed by atoms with Gasteiger partial charge in [-0.15, -0.1) is 0 Å². The summed E-state index contributed by atoms with van der Waals surface area (Å²) in [5.74, 6) is -3.18. The van der Waals surface area contributed by atoms with Crippen LogP contribution in [-0.4, -0.2) is 178 Å². The van der Waals surface area contributed by atoms with Gasteiger partial charge in [-0.1, -0.05) is 63.6 Å². The average molecular weight is 1110 g/mol. The summed E-state index contributed by atoms with van der Waals surface area (Å²) in [6.07, 6.45) is 9.13. The van der Waals surface area contributed by atoms with Crippen molar-refractivity contribution in [3.63, 3.8) is 0 Å². The molecule has 22 nitrogen and oxygen atoms in total. The number of nitrogens with zero attached hydrogens (tertiary/aromatic N) is 3. The van der Waals surface area contributed by atoms with Gasteiger partial charge in [0.05, 0.1) is 43.0 Å². The fraction of sp³-hybridized carbons (Fsp3) is 0.614. The maximum Gasteiger partial charge on any atom is 0.410 e. The van der Waals surface area contributed by atoms with Crippen molar-refractivity contribution in [1.29, 1.82) is 0 Å². The van der Waals surface area contributed by atoms with Gasteiger partial charge in [-0.05, 0) is 89.1 Å². The highest BCUT2D eigenvalue weighted by Crippen LogP contribution is 2.38. The number of aliphatic hydroxyl groups is 3. The first-order valence-corrected chi connectivity index (χ1v) is 27.3. The van der Waals surface area contributed by atoms with Crippen LogP contribution in [0.5, 0.6) is 0 Å². The lowest BCUT2D eigenvalue weighted by Crippen LogP contribution is -2.53. The molecule has 0 radical (unpaired) electrons. The maximum absolute atomic E-state index is 13.8. The Hall–Kier alpha value is -6.46. The van der Waals surface area contributed by atoms with Crippen molar-refractivity contribution >= 4 is 53.4 Å². The number of imide groups is 1. The van der Waals surface area contributed by atoms with E-state index in [1.54, 1.807) is 75.4 Å². The zero-order chi connectivity index (χ0) is 58.0. The Bertz CT molecular complexity index is 2400. The molecule has 2 saturated heterocycles. The van der Waals surface area contributed by atoms with Crippen molar-refractivity contribution in [1.82, 2.24) is 25.3 Å². The molecule has 436 valence electrons. The largest absolute Gasteiger partial charge is 0.457 e. The number of cyclic esters (lactones) is 1. The van der Waals surface area contributed by atoms with E-state index in [1.165, 1.54) is 36.0 Å². The van der Waals surface area contributed by atoms with Gasteiger partial charge in [-0.25, -0.2) is 9.59 Å². The number of epoxide rings is 1. The molecule has 0 spiro atoms. The molecule has 79 heavy (non-hydrogen) atoms. The second kappa shape index (κ2) is 29.7. The Morgan fingerprint density at radius 1 is 0.949 bits per heavy atom. The van der Waals surface area contributed by atoms with Crippen LogP contribution in [0.3, 0.4) is 0 Å². The second-order valence-electron chi connectivity index (χ2n) is 21.4. The molecule has 0 unspecified atom stereocenters. The zero-order valence-corrected chi connectivity index (χ0v) is 46.9. The number of hydrogen-bond donors (Lipinski definition) is 6. The van der Waals surface area contributed by atoms with E-state index in [0.29, 0.717) is 48.9 Å². The molecular formula is C57H82N6O16. The van der Waals surface area contributed by atoms with Gasteiger partial charge in [-0.2, -0.15) is 0 Å². The van der Waals surface area contributed by atoms with E-state index >= 15 is 0 Å². The topological polar surface area (TPSA) is 293 Å². The number of nitrogens with one attached hydrogen (secondary N) is 3. The molecule has 7 amide bonds. The number of hydrogen-bond acceptors (Lipinski definition) is 16. The quantitative estimate of drug-likeness (QED) is 0.0169. The standard InChI is InChI=1S/C57H82N6O16/c1-9-43(65)38(4)52-44(77-52)33-56(6,74)25-13-14-36(2)51-37(3)16-21-45(57(7,75-8)26-24-42(64)32-50(70)79-51)78-55(73)62-30-28-61(29-31-62)54(72)76-35-40-17-19-41(20-18-40)60-53(71)39(5)59-47(67)34-58-46(66)15-11-10-12-27-63-48(68)22-23-49(63)69/h13-14,16-23,25,37-39,42-45,51-52,64-65,74H,9-12,15,24,26-35H2,1-8H3,(H,58,66)(H,59,67)(H,60,71)/b21-16+,25-13+,36-14+/t37-,38+,39-,42+,43-,44+,45-,51+,52+,56-,57+/m0/s1. The van der Waals surface area contributed by atoms with Crippen LogP contribution in [0, 0.1) is 11.8 Å². The minimum Gasteiger partial charge on any atom is -0.457 e. The SMILES string of the molecule is CC[C@H](O)[C@@H](C)[C@H]1O[C@@H]1C[C@@](C)(O)/C=C/C=C(\C)[C@H]1OC(=O)C[C@H](O)CC[C@@](C)(OC)[C@@H](OC(=O)N2CCN(C(=O)OCc3ccc(NC(=O)[C@H](C)NC(=O)CNC(=O)CCCCCN4C(=O)C=CC4=O)cc3)CC2)/C=C/[C@@H]1C. The fourth-order valence-corrected chi connectivity index (χ4v) is 9.44. The van der Waals surface area contributed by atoms with E-state index in [9.17, 15) is 53.7 Å². The minimum atomic E-state index is -1.21. The monoisotopic (exact) mass is 1110 g/mol. The van der Waals surface area contributed by atoms with E-state index in [2.05, 4.69) is 16.0 Å². The van der Waals surface area contributed by atoms with Crippen molar-refractivity contribution < 1.29 is 77.4 Å². The van der Waals surface area contributed by atoms with Crippen LogP contribution in [0.25, 0.3) is 0 Å². The summed E-state index contributed by atoms with van der Waals surface area (Å²) >= 11 is 0. The number of ether oxygens (including phenoxy) is 5. The summed E-state index contributed by atoms with van der Waals surface area (Å²) in [5, 5.41) is 40.1. The Kier molecular flexibility index (Phi) is 23.8. The fourth-order valence-electron chi connectivity index (χ4n) is 9.44. The summed E-state index contributed by atoms with van der Waals surface area (Å²) in [4.78, 5) is 105. The summed E-state index contributed by atoms with van der Waals surface area (Å²) < 4.78 is 29.4. The van der Waals surface area contributed by atoms with E-state index in [0.717, 1.165) is 4.90 Å². The van der Waals surface area contributed by atoms with Crippen LogP contribution in [-0.2, 0) is 59.1 Å². The molecule has 5 rings (SSSR count). The number of aliphatic hydroxyl groups excluding tert-OH is 2. The third-order valence-corrected chi connectivity index (χ3v) is 14.8. The Morgan fingerprint density at radius 3 is 2.25 bits per heavy atom. The van der Waals surface area contributed by atoms with Crippen molar-refractivity contribution in [3.8, 4) is 0 Å². The summed E-state index contributed by atoms with van der Waals surface area (Å²) in [6.45, 7) is 13.0. The van der Waals surface area contributed by atoms with Gasteiger partial charge in [-0.3, -0.25) is 33.7 Å². The molecule has 0 saturated carbocycles. The van der Waals surface area contributed by atoms with Crippen LogP contribution < -0.4 is 16.0 Å². The van der Waals surface area contributed by atoms with Crippen LogP contribution >= 0.6 is 0 Å². The van der Waals surface area contributed by atoms with E-state index in [4.69, 9.17) is 23.7 Å². The number of piperazine rings is 1. The molecule has 6 N–H and O–H groups in total. The molecule has 0 aromatic heterocycles. The second-order valence-corrected chi connectivity index (χ2v) is 21.4. The smallest absolute Gasteiger partial charge is 0.410 e. The Morgan fingerprint density at radius 2 is 1.61 bits per heavy atom. The summed E-state index contributed by atoms with van der Waals surface area (Å²) in [5.41, 5.74) is -0.594. The number of rotatable bonds is 23. The molecule has 1 aromatic carbocycles. The van der Waals surface area contributed by atoms with Gasteiger partial charge in [0.25, 0.3) is 11.8 Å². The molecule has 4 heterocycles. The van der Waals surface area contributed by atoms with Gasteiger partial charge >= 0.3 is 18.2 Å². The predicted octanol–water partition coefficient (Wildman–Crippen LogP) is 4.36. The predicted molar refractivity (Wildman–Crippen MR) is 289 cm³/mol. The van der Waals surface area contributed by atoms with Crippen molar-refractivity contribution in [3.05, 3.63) is 77.9 Å². The van der Waals surface area contributed by atoms with Crippen LogP contribution in [0.1, 0.15) is 112 Å². The van der Waals surface area contributed by atoms with Gasteiger partial charge < -0.3 is 64.8 Å². The highest BCUT2D eigenvalue weighted by Gasteiger charge is 2.47. The van der Waals surface area contributed by atoms with Gasteiger partial charge in [0.1, 0.15) is 24.4 Å². The highest BCUT2D eigenvalue weighted by molar-refractivity contribution is 6.12. The number of allylic oxidation sites excluding steroid dienone is 2. The lowest BCUT2D eigenvalue weighted by molar-refractivity contribution is -0.151. The number of benzene rings is 1. The first-order chi connectivity index (χ1) is 37.4. The van der Waals surface area contributed by atoms with Gasteiger partial charge in [0.15, 0.2) is 6.10 Å². The summed E-state index contributed by atoms with van der Waals surface area (Å²) in [6, 6.07) is 5.65.